The second-order valence-electron chi connectivity index (χ2n) is 3.63. The third kappa shape index (κ3) is 2.74. The zero-order chi connectivity index (χ0) is 12.3. The van der Waals surface area contributed by atoms with E-state index in [2.05, 4.69) is 20.6 Å². The van der Waals surface area contributed by atoms with Crippen LogP contribution in [0.25, 0.3) is 0 Å². The van der Waals surface area contributed by atoms with Crippen LogP contribution in [-0.4, -0.2) is 42.7 Å². The maximum atomic E-state index is 11.0. The molecule has 1 aliphatic rings. The number of amides is 1. The second-order valence-corrected chi connectivity index (χ2v) is 3.63. The van der Waals surface area contributed by atoms with Crippen LogP contribution in [0.2, 0.25) is 0 Å². The van der Waals surface area contributed by atoms with Crippen molar-refractivity contribution in [3.8, 4) is 11.8 Å². The van der Waals surface area contributed by atoms with Crippen LogP contribution in [-0.2, 0) is 4.79 Å². The van der Waals surface area contributed by atoms with Crippen molar-refractivity contribution in [3.63, 3.8) is 0 Å². The first kappa shape index (κ1) is 11.4. The van der Waals surface area contributed by atoms with Crippen LogP contribution < -0.4 is 20.1 Å². The molecular weight excluding hydrogens is 224 g/mol. The Morgan fingerprint density at radius 3 is 2.47 bits per heavy atom. The van der Waals surface area contributed by atoms with E-state index in [0.29, 0.717) is 30.7 Å². The highest BCUT2D eigenvalue weighted by Gasteiger charge is 2.22. The van der Waals surface area contributed by atoms with E-state index < -0.39 is 0 Å². The number of aromatic nitrogens is 2. The Labute approximate surface area is 98.5 Å². The highest BCUT2D eigenvalue weighted by molar-refractivity contribution is 5.79. The number of nitrogens with zero attached hydrogens (tertiary/aromatic N) is 2. The zero-order valence-corrected chi connectivity index (χ0v) is 9.69. The molecule has 7 heteroatoms. The molecule has 1 aliphatic heterocycles. The van der Waals surface area contributed by atoms with Gasteiger partial charge in [-0.25, -0.2) is 0 Å². The van der Waals surface area contributed by atoms with Gasteiger partial charge in [0.15, 0.2) is 0 Å². The lowest BCUT2D eigenvalue weighted by molar-refractivity contribution is -0.119. The van der Waals surface area contributed by atoms with Gasteiger partial charge in [-0.05, 0) is 0 Å². The van der Waals surface area contributed by atoms with Gasteiger partial charge < -0.3 is 20.1 Å². The molecule has 1 aromatic rings. The molecular formula is C10H14N4O3. The summed E-state index contributed by atoms with van der Waals surface area (Å²) in [6.07, 6.45) is 0.420. The van der Waals surface area contributed by atoms with Crippen molar-refractivity contribution in [1.82, 2.24) is 15.3 Å². The van der Waals surface area contributed by atoms with Gasteiger partial charge in [-0.3, -0.25) is 4.79 Å². The van der Waals surface area contributed by atoms with Crippen LogP contribution in [0.5, 0.6) is 11.8 Å². The van der Waals surface area contributed by atoms with Gasteiger partial charge in [0.2, 0.25) is 23.6 Å². The van der Waals surface area contributed by atoms with Crippen molar-refractivity contribution in [2.24, 2.45) is 0 Å². The Morgan fingerprint density at radius 2 is 2.00 bits per heavy atom. The van der Waals surface area contributed by atoms with Crippen LogP contribution >= 0.6 is 0 Å². The van der Waals surface area contributed by atoms with Crippen LogP contribution in [0.1, 0.15) is 6.42 Å². The van der Waals surface area contributed by atoms with E-state index in [0.717, 1.165) is 0 Å². The molecule has 1 amide bonds. The van der Waals surface area contributed by atoms with E-state index in [9.17, 15) is 4.79 Å². The number of anilines is 1. The summed E-state index contributed by atoms with van der Waals surface area (Å²) in [5.74, 6) is 1.24. The Kier molecular flexibility index (Phi) is 3.27. The molecule has 92 valence electrons. The number of methoxy groups -OCH3 is 2. The quantitative estimate of drug-likeness (QED) is 0.755. The lowest BCUT2D eigenvalue weighted by Gasteiger charge is -2.11. The maximum Gasteiger partial charge on any atom is 0.229 e. The van der Waals surface area contributed by atoms with Crippen molar-refractivity contribution >= 4 is 11.9 Å². The lowest BCUT2D eigenvalue weighted by Crippen LogP contribution is -2.23. The molecule has 0 bridgehead atoms. The average molecular weight is 238 g/mol. The average Bonchev–Trinajstić information content (AvgIpc) is 2.74. The van der Waals surface area contributed by atoms with Gasteiger partial charge in [0, 0.05) is 13.0 Å². The highest BCUT2D eigenvalue weighted by Crippen LogP contribution is 2.18. The predicted molar refractivity (Wildman–Crippen MR) is 60.2 cm³/mol. The minimum Gasteiger partial charge on any atom is -0.481 e. The fourth-order valence-corrected chi connectivity index (χ4v) is 1.57. The van der Waals surface area contributed by atoms with Gasteiger partial charge in [0.05, 0.1) is 26.3 Å². The van der Waals surface area contributed by atoms with Crippen molar-refractivity contribution < 1.29 is 14.3 Å². The molecule has 1 fully saturated rings. The number of hydrogen-bond donors (Lipinski definition) is 2. The standard InChI is InChI=1S/C10H14N4O3/c1-16-8-4-9(17-2)14-10(13-8)12-6-3-7(15)11-5-6/h4,6H,3,5H2,1-2H3,(H,11,15)(H,12,13,14). The molecule has 1 aromatic heterocycles. The van der Waals surface area contributed by atoms with Gasteiger partial charge in [-0.1, -0.05) is 0 Å². The van der Waals surface area contributed by atoms with Crippen LogP contribution in [0.15, 0.2) is 6.07 Å². The molecule has 0 aromatic carbocycles. The minimum absolute atomic E-state index is 0.000637. The third-order valence-electron chi connectivity index (χ3n) is 2.41. The molecule has 1 atom stereocenters. The molecule has 0 spiro atoms. The molecule has 2 heterocycles. The van der Waals surface area contributed by atoms with Crippen molar-refractivity contribution in [3.05, 3.63) is 6.07 Å². The van der Waals surface area contributed by atoms with Gasteiger partial charge in [-0.15, -0.1) is 0 Å². The van der Waals surface area contributed by atoms with E-state index in [4.69, 9.17) is 9.47 Å². The van der Waals surface area contributed by atoms with Crippen LogP contribution in [0, 0.1) is 0 Å². The molecule has 0 saturated carbocycles. The molecule has 7 nitrogen and oxygen atoms in total. The second kappa shape index (κ2) is 4.86. The van der Waals surface area contributed by atoms with Crippen LogP contribution in [0.3, 0.4) is 0 Å². The summed E-state index contributed by atoms with van der Waals surface area (Å²) in [6.45, 7) is 0.571. The largest absolute Gasteiger partial charge is 0.481 e. The van der Waals surface area contributed by atoms with E-state index in [1.165, 1.54) is 14.2 Å². The summed E-state index contributed by atoms with van der Waals surface area (Å²) >= 11 is 0. The van der Waals surface area contributed by atoms with E-state index in [1.807, 2.05) is 0 Å². The first-order valence-corrected chi connectivity index (χ1v) is 5.21. The van der Waals surface area contributed by atoms with Gasteiger partial charge in [-0.2, -0.15) is 9.97 Å². The normalized spacial score (nSPS) is 18.7. The van der Waals surface area contributed by atoms with Gasteiger partial charge in [0.1, 0.15) is 0 Å². The van der Waals surface area contributed by atoms with Crippen molar-refractivity contribution in [2.45, 2.75) is 12.5 Å². The number of rotatable bonds is 4. The number of ether oxygens (including phenoxy) is 2. The van der Waals surface area contributed by atoms with Crippen molar-refractivity contribution in [2.75, 3.05) is 26.1 Å². The first-order chi connectivity index (χ1) is 8.21. The third-order valence-corrected chi connectivity index (χ3v) is 2.41. The number of carbonyl (C=O) groups is 1. The summed E-state index contributed by atoms with van der Waals surface area (Å²) in [7, 11) is 3.04. The summed E-state index contributed by atoms with van der Waals surface area (Å²) in [5.41, 5.74) is 0. The Balaban J connectivity index is 2.11. The zero-order valence-electron chi connectivity index (χ0n) is 9.69. The molecule has 2 rings (SSSR count). The monoisotopic (exact) mass is 238 g/mol. The Hall–Kier alpha value is -2.05. The topological polar surface area (TPSA) is 85.4 Å². The smallest absolute Gasteiger partial charge is 0.229 e. The van der Waals surface area contributed by atoms with Gasteiger partial charge >= 0.3 is 0 Å². The number of nitrogens with one attached hydrogen (secondary N) is 2. The summed E-state index contributed by atoms with van der Waals surface area (Å²) in [6, 6.07) is 1.59. The number of carbonyl (C=O) groups excluding carboxylic acids is 1. The van der Waals surface area contributed by atoms with E-state index >= 15 is 0 Å². The predicted octanol–water partition coefficient (Wildman–Crippen LogP) is -0.206. The fraction of sp³-hybridized carbons (Fsp3) is 0.500. The van der Waals surface area contributed by atoms with Gasteiger partial charge in [0.25, 0.3) is 0 Å². The molecule has 1 unspecified atom stereocenters. The molecule has 1 saturated heterocycles. The maximum absolute atomic E-state index is 11.0. The summed E-state index contributed by atoms with van der Waals surface area (Å²) in [5, 5.41) is 5.78. The Bertz CT molecular complexity index is 402. The minimum atomic E-state index is -0.000637. The fourth-order valence-electron chi connectivity index (χ4n) is 1.57. The Morgan fingerprint density at radius 1 is 1.35 bits per heavy atom. The highest BCUT2D eigenvalue weighted by atomic mass is 16.5. The first-order valence-electron chi connectivity index (χ1n) is 5.21. The molecule has 2 N–H and O–H groups in total. The molecule has 17 heavy (non-hydrogen) atoms. The van der Waals surface area contributed by atoms with E-state index in [1.54, 1.807) is 6.07 Å². The summed E-state index contributed by atoms with van der Waals surface area (Å²) < 4.78 is 10.1. The molecule has 0 aliphatic carbocycles. The number of hydrogen-bond acceptors (Lipinski definition) is 6. The lowest BCUT2D eigenvalue weighted by atomic mass is 10.3. The van der Waals surface area contributed by atoms with E-state index in [-0.39, 0.29) is 11.9 Å². The van der Waals surface area contributed by atoms with Crippen LogP contribution in [0.4, 0.5) is 5.95 Å². The summed E-state index contributed by atoms with van der Waals surface area (Å²) in [4.78, 5) is 19.3. The van der Waals surface area contributed by atoms with Crippen molar-refractivity contribution in [1.29, 1.82) is 0 Å². The molecule has 0 radical (unpaired) electrons. The SMILES string of the molecule is COc1cc(OC)nc(NC2CNC(=O)C2)n1.